The number of nitrogens with zero attached hydrogens (tertiary/aromatic N) is 2. The van der Waals surface area contributed by atoms with E-state index in [9.17, 15) is 17.6 Å². The van der Waals surface area contributed by atoms with Crippen LogP contribution in [0.4, 0.5) is 10.1 Å². The van der Waals surface area contributed by atoms with E-state index in [2.05, 4.69) is 10.3 Å². The molecule has 30 heavy (non-hydrogen) atoms. The number of carbonyl (C=O) groups is 1. The van der Waals surface area contributed by atoms with Gasteiger partial charge in [-0.05, 0) is 37.1 Å². The molecule has 0 saturated carbocycles. The summed E-state index contributed by atoms with van der Waals surface area (Å²) in [6.07, 6.45) is 2.23. The van der Waals surface area contributed by atoms with Crippen LogP contribution in [-0.2, 0) is 19.6 Å². The van der Waals surface area contributed by atoms with E-state index >= 15 is 0 Å². The van der Waals surface area contributed by atoms with Crippen LogP contribution in [0.3, 0.4) is 0 Å². The van der Waals surface area contributed by atoms with E-state index in [0.717, 1.165) is 6.07 Å². The van der Waals surface area contributed by atoms with Crippen LogP contribution in [0.1, 0.15) is 12.8 Å². The van der Waals surface area contributed by atoms with E-state index in [1.54, 1.807) is 25.4 Å². The first-order chi connectivity index (χ1) is 14.4. The number of halogens is 1. The zero-order valence-corrected chi connectivity index (χ0v) is 17.4. The molecule has 0 spiro atoms. The van der Waals surface area contributed by atoms with Crippen molar-refractivity contribution in [1.82, 2.24) is 9.29 Å². The number of rotatable bonds is 8. The van der Waals surface area contributed by atoms with Crippen LogP contribution in [0.15, 0.2) is 47.5 Å². The Hall–Kier alpha value is -2.56. The van der Waals surface area contributed by atoms with Gasteiger partial charge < -0.3 is 14.8 Å². The average Bonchev–Trinajstić information content (AvgIpc) is 2.75. The minimum Gasteiger partial charge on any atom is -0.474 e. The highest BCUT2D eigenvalue weighted by molar-refractivity contribution is 7.89. The fraction of sp³-hybridized carbons (Fsp3) is 0.400. The molecule has 2 heterocycles. The third-order valence-corrected chi connectivity index (χ3v) is 6.77. The van der Waals surface area contributed by atoms with Gasteiger partial charge in [0.15, 0.2) is 0 Å². The number of sulfonamides is 1. The largest absolute Gasteiger partial charge is 0.474 e. The lowest BCUT2D eigenvalue weighted by Crippen LogP contribution is -2.41. The summed E-state index contributed by atoms with van der Waals surface area (Å²) < 4.78 is 51.0. The van der Waals surface area contributed by atoms with E-state index in [1.807, 2.05) is 0 Å². The summed E-state index contributed by atoms with van der Waals surface area (Å²) >= 11 is 0. The van der Waals surface area contributed by atoms with Gasteiger partial charge in [-0.3, -0.25) is 4.79 Å². The molecule has 3 rings (SSSR count). The summed E-state index contributed by atoms with van der Waals surface area (Å²) in [6, 6.07) is 8.66. The number of hydrogen-bond acceptors (Lipinski definition) is 6. The SMILES string of the molecule is COCCOc1ncccc1NC(=O)C1CCN(S(=O)(=O)c2ccccc2F)CC1. The lowest BCUT2D eigenvalue weighted by atomic mass is 9.97. The Morgan fingerprint density at radius 3 is 2.63 bits per heavy atom. The lowest BCUT2D eigenvalue weighted by molar-refractivity contribution is -0.120. The van der Waals surface area contributed by atoms with E-state index < -0.39 is 15.8 Å². The average molecular weight is 437 g/mol. The number of methoxy groups -OCH3 is 1. The van der Waals surface area contributed by atoms with Crippen molar-refractivity contribution in [3.63, 3.8) is 0 Å². The first kappa shape index (κ1) is 22.1. The Bertz CT molecular complexity index is 978. The summed E-state index contributed by atoms with van der Waals surface area (Å²) in [5.74, 6) is -1.09. The highest BCUT2D eigenvalue weighted by atomic mass is 32.2. The van der Waals surface area contributed by atoms with Crippen molar-refractivity contribution in [2.24, 2.45) is 5.92 Å². The van der Waals surface area contributed by atoms with Gasteiger partial charge in [0, 0.05) is 32.3 Å². The van der Waals surface area contributed by atoms with Crippen LogP contribution in [0, 0.1) is 11.7 Å². The van der Waals surface area contributed by atoms with Crippen LogP contribution in [0.5, 0.6) is 5.88 Å². The van der Waals surface area contributed by atoms with Gasteiger partial charge in [0.2, 0.25) is 21.8 Å². The number of aromatic nitrogens is 1. The molecule has 1 aliphatic rings. The van der Waals surface area contributed by atoms with Gasteiger partial charge in [0.05, 0.1) is 6.61 Å². The smallest absolute Gasteiger partial charge is 0.245 e. The molecule has 1 amide bonds. The molecular formula is C20H24FN3O5S. The molecule has 0 unspecified atom stereocenters. The van der Waals surface area contributed by atoms with Crippen molar-refractivity contribution in [1.29, 1.82) is 0 Å². The number of benzene rings is 1. The molecule has 1 aromatic carbocycles. The van der Waals surface area contributed by atoms with Gasteiger partial charge in [-0.25, -0.2) is 17.8 Å². The third kappa shape index (κ3) is 5.13. The Kier molecular flexibility index (Phi) is 7.35. The Morgan fingerprint density at radius 2 is 1.93 bits per heavy atom. The summed E-state index contributed by atoms with van der Waals surface area (Å²) in [6.45, 7) is 0.958. The monoisotopic (exact) mass is 437 g/mol. The van der Waals surface area contributed by atoms with Gasteiger partial charge in [-0.2, -0.15) is 4.31 Å². The number of amides is 1. The molecule has 10 heteroatoms. The molecule has 0 aliphatic carbocycles. The summed E-state index contributed by atoms with van der Waals surface area (Å²) in [4.78, 5) is 16.5. The maximum absolute atomic E-state index is 13.9. The first-order valence-corrected chi connectivity index (χ1v) is 11.0. The van der Waals surface area contributed by atoms with Crippen molar-refractivity contribution in [2.45, 2.75) is 17.7 Å². The minimum atomic E-state index is -3.94. The van der Waals surface area contributed by atoms with Crippen molar-refractivity contribution >= 4 is 21.6 Å². The second kappa shape index (κ2) is 9.96. The molecule has 2 aromatic rings. The Morgan fingerprint density at radius 1 is 1.20 bits per heavy atom. The highest BCUT2D eigenvalue weighted by Crippen LogP contribution is 2.27. The predicted octanol–water partition coefficient (Wildman–Crippen LogP) is 2.29. The van der Waals surface area contributed by atoms with Gasteiger partial charge in [0.1, 0.15) is 23.0 Å². The lowest BCUT2D eigenvalue weighted by Gasteiger charge is -2.30. The summed E-state index contributed by atoms with van der Waals surface area (Å²) in [5.41, 5.74) is 0.444. The standard InChI is InChI=1S/C20H24FN3O5S/c1-28-13-14-29-20-17(6-4-10-22-20)23-19(25)15-8-11-24(12-9-15)30(26,27)18-7-3-2-5-16(18)21/h2-7,10,15H,8-9,11-14H2,1H3,(H,23,25). The highest BCUT2D eigenvalue weighted by Gasteiger charge is 2.33. The van der Waals surface area contributed by atoms with E-state index in [1.165, 1.54) is 22.5 Å². The molecule has 1 aliphatic heterocycles. The zero-order chi connectivity index (χ0) is 21.6. The molecule has 0 radical (unpaired) electrons. The van der Waals surface area contributed by atoms with Gasteiger partial charge in [-0.15, -0.1) is 0 Å². The van der Waals surface area contributed by atoms with Crippen LogP contribution in [-0.4, -0.2) is 57.0 Å². The number of ether oxygens (including phenoxy) is 2. The number of carbonyl (C=O) groups excluding carboxylic acids is 1. The van der Waals surface area contributed by atoms with E-state index in [-0.39, 0.29) is 29.8 Å². The van der Waals surface area contributed by atoms with Crippen LogP contribution < -0.4 is 10.1 Å². The quantitative estimate of drug-likeness (QED) is 0.637. The zero-order valence-electron chi connectivity index (χ0n) is 16.6. The van der Waals surface area contributed by atoms with Crippen molar-refractivity contribution in [2.75, 3.05) is 38.7 Å². The first-order valence-electron chi connectivity index (χ1n) is 9.55. The molecule has 0 bridgehead atoms. The fourth-order valence-electron chi connectivity index (χ4n) is 3.21. The topological polar surface area (TPSA) is 97.8 Å². The molecule has 0 atom stereocenters. The molecule has 8 nitrogen and oxygen atoms in total. The Labute approximate surface area is 175 Å². The number of anilines is 1. The number of hydrogen-bond donors (Lipinski definition) is 1. The predicted molar refractivity (Wildman–Crippen MR) is 108 cm³/mol. The maximum Gasteiger partial charge on any atom is 0.245 e. The van der Waals surface area contributed by atoms with Crippen molar-refractivity contribution < 1.29 is 27.1 Å². The van der Waals surface area contributed by atoms with Crippen molar-refractivity contribution in [3.05, 3.63) is 48.4 Å². The molecular weight excluding hydrogens is 413 g/mol. The summed E-state index contributed by atoms with van der Waals surface area (Å²) in [5, 5.41) is 2.81. The molecule has 1 fully saturated rings. The number of nitrogens with one attached hydrogen (secondary N) is 1. The summed E-state index contributed by atoms with van der Waals surface area (Å²) in [7, 11) is -2.38. The Balaban J connectivity index is 1.61. The van der Waals surface area contributed by atoms with Crippen molar-refractivity contribution in [3.8, 4) is 5.88 Å². The molecule has 1 saturated heterocycles. The van der Waals surface area contributed by atoms with Gasteiger partial charge >= 0.3 is 0 Å². The van der Waals surface area contributed by atoms with Crippen LogP contribution in [0.2, 0.25) is 0 Å². The van der Waals surface area contributed by atoms with E-state index in [4.69, 9.17) is 9.47 Å². The maximum atomic E-state index is 13.9. The second-order valence-electron chi connectivity index (χ2n) is 6.80. The number of piperidine rings is 1. The van der Waals surface area contributed by atoms with E-state index in [0.29, 0.717) is 37.6 Å². The van der Waals surface area contributed by atoms with Crippen LogP contribution >= 0.6 is 0 Å². The fourth-order valence-corrected chi connectivity index (χ4v) is 4.74. The van der Waals surface area contributed by atoms with Gasteiger partial charge in [0.25, 0.3) is 0 Å². The minimum absolute atomic E-state index is 0.138. The molecule has 162 valence electrons. The third-order valence-electron chi connectivity index (χ3n) is 4.83. The normalized spacial score (nSPS) is 15.7. The van der Waals surface area contributed by atoms with Crippen LogP contribution in [0.25, 0.3) is 0 Å². The van der Waals surface area contributed by atoms with Gasteiger partial charge in [-0.1, -0.05) is 12.1 Å². The number of pyridine rings is 1. The molecule has 1 N–H and O–H groups in total. The molecule has 1 aromatic heterocycles. The second-order valence-corrected chi connectivity index (χ2v) is 8.70.